The molecule has 1 aromatic carbocycles. The van der Waals surface area contributed by atoms with Crippen molar-refractivity contribution in [2.75, 3.05) is 18.0 Å². The molecule has 2 rings (SSSR count). The van der Waals surface area contributed by atoms with Crippen LogP contribution < -0.4 is 4.90 Å². The summed E-state index contributed by atoms with van der Waals surface area (Å²) in [4.78, 5) is 12.3. The fourth-order valence-electron chi connectivity index (χ4n) is 2.02. The van der Waals surface area contributed by atoms with E-state index >= 15 is 0 Å². The van der Waals surface area contributed by atoms with Crippen molar-refractivity contribution >= 4 is 11.4 Å². The Labute approximate surface area is 93.5 Å². The number of aliphatic hydroxyl groups is 1. The minimum atomic E-state index is -0.377. The second-order valence-electron chi connectivity index (χ2n) is 4.12. The molecule has 1 atom stereocenters. The lowest BCUT2D eigenvalue weighted by Crippen LogP contribution is -2.21. The van der Waals surface area contributed by atoms with Crippen LogP contribution in [0.5, 0.6) is 0 Å². The lowest BCUT2D eigenvalue weighted by Gasteiger charge is -2.18. The van der Waals surface area contributed by atoms with Crippen molar-refractivity contribution in [2.45, 2.75) is 19.4 Å². The Morgan fingerprint density at radius 2 is 2.31 bits per heavy atom. The van der Waals surface area contributed by atoms with Crippen LogP contribution in [0.1, 0.15) is 12.0 Å². The van der Waals surface area contributed by atoms with Gasteiger partial charge in [0.15, 0.2) is 0 Å². The molecular formula is C11H14N2O3. The molecule has 0 spiro atoms. The number of hydrogen-bond acceptors (Lipinski definition) is 4. The normalized spacial score (nSPS) is 20.1. The van der Waals surface area contributed by atoms with Gasteiger partial charge >= 0.3 is 0 Å². The molecule has 1 saturated heterocycles. The molecule has 86 valence electrons. The molecule has 1 N–H and O–H groups in total. The number of nitro groups is 1. The number of hydrogen-bond donors (Lipinski definition) is 1. The van der Waals surface area contributed by atoms with Crippen LogP contribution in [0.25, 0.3) is 0 Å². The summed E-state index contributed by atoms with van der Waals surface area (Å²) in [6.45, 7) is 3.14. The molecule has 1 aromatic rings. The summed E-state index contributed by atoms with van der Waals surface area (Å²) in [5.41, 5.74) is 1.74. The molecule has 16 heavy (non-hydrogen) atoms. The number of aryl methyl sites for hydroxylation is 1. The first-order chi connectivity index (χ1) is 7.58. The van der Waals surface area contributed by atoms with Crippen molar-refractivity contribution in [3.05, 3.63) is 33.9 Å². The first kappa shape index (κ1) is 10.9. The van der Waals surface area contributed by atoms with E-state index in [-0.39, 0.29) is 16.7 Å². The quantitative estimate of drug-likeness (QED) is 0.608. The average molecular weight is 222 g/mol. The van der Waals surface area contributed by atoms with Crippen molar-refractivity contribution in [1.82, 2.24) is 0 Å². The SMILES string of the molecule is Cc1cc(N2CC[C@H](O)C2)ccc1[N+](=O)[O-]. The van der Waals surface area contributed by atoms with Gasteiger partial charge in [0.25, 0.3) is 5.69 Å². The lowest BCUT2D eigenvalue weighted by atomic mass is 10.1. The Morgan fingerprint density at radius 1 is 1.56 bits per heavy atom. The molecule has 5 heteroatoms. The highest BCUT2D eigenvalue weighted by Crippen LogP contribution is 2.26. The van der Waals surface area contributed by atoms with Gasteiger partial charge in [-0.15, -0.1) is 0 Å². The third-order valence-electron chi connectivity index (χ3n) is 2.91. The summed E-state index contributed by atoms with van der Waals surface area (Å²) in [5, 5.41) is 20.1. The third-order valence-corrected chi connectivity index (χ3v) is 2.91. The maximum atomic E-state index is 10.7. The third kappa shape index (κ3) is 1.99. The van der Waals surface area contributed by atoms with Gasteiger partial charge in [-0.05, 0) is 25.5 Å². The Kier molecular flexibility index (Phi) is 2.78. The predicted octanol–water partition coefficient (Wildman–Crippen LogP) is 1.47. The molecule has 0 bridgehead atoms. The van der Waals surface area contributed by atoms with Gasteiger partial charge in [-0.25, -0.2) is 0 Å². The zero-order chi connectivity index (χ0) is 11.7. The molecule has 0 saturated carbocycles. The number of nitrogens with zero attached hydrogens (tertiary/aromatic N) is 2. The maximum Gasteiger partial charge on any atom is 0.272 e. The summed E-state index contributed by atoms with van der Waals surface area (Å²) in [6.07, 6.45) is 0.478. The summed E-state index contributed by atoms with van der Waals surface area (Å²) in [6, 6.07) is 5.06. The fourth-order valence-corrected chi connectivity index (χ4v) is 2.02. The largest absolute Gasteiger partial charge is 0.391 e. The van der Waals surface area contributed by atoms with Crippen LogP contribution in [0.3, 0.4) is 0 Å². The molecule has 1 aliphatic heterocycles. The molecular weight excluding hydrogens is 208 g/mol. The van der Waals surface area contributed by atoms with E-state index in [1.807, 2.05) is 4.90 Å². The van der Waals surface area contributed by atoms with Crippen LogP contribution in [0.2, 0.25) is 0 Å². The van der Waals surface area contributed by atoms with E-state index in [2.05, 4.69) is 0 Å². The van der Waals surface area contributed by atoms with Gasteiger partial charge in [0.05, 0.1) is 11.0 Å². The lowest BCUT2D eigenvalue weighted by molar-refractivity contribution is -0.385. The zero-order valence-electron chi connectivity index (χ0n) is 9.09. The Hall–Kier alpha value is -1.62. The van der Waals surface area contributed by atoms with Gasteiger partial charge in [-0.3, -0.25) is 10.1 Å². The maximum absolute atomic E-state index is 10.7. The van der Waals surface area contributed by atoms with Crippen LogP contribution >= 0.6 is 0 Å². The van der Waals surface area contributed by atoms with Crippen molar-refractivity contribution in [3.63, 3.8) is 0 Å². The zero-order valence-corrected chi connectivity index (χ0v) is 9.09. The van der Waals surface area contributed by atoms with Gasteiger partial charge in [-0.1, -0.05) is 0 Å². The molecule has 0 amide bonds. The van der Waals surface area contributed by atoms with Gasteiger partial charge in [-0.2, -0.15) is 0 Å². The molecule has 1 fully saturated rings. The molecule has 0 radical (unpaired) electrons. The minimum absolute atomic E-state index is 0.142. The summed E-state index contributed by atoms with van der Waals surface area (Å²) >= 11 is 0. The first-order valence-corrected chi connectivity index (χ1v) is 5.26. The molecule has 0 aromatic heterocycles. The molecule has 0 unspecified atom stereocenters. The van der Waals surface area contributed by atoms with E-state index in [4.69, 9.17) is 0 Å². The predicted molar refractivity (Wildman–Crippen MR) is 60.7 cm³/mol. The second-order valence-corrected chi connectivity index (χ2v) is 4.12. The monoisotopic (exact) mass is 222 g/mol. The Bertz CT molecular complexity index is 420. The van der Waals surface area contributed by atoms with Gasteiger partial charge < -0.3 is 10.0 Å². The summed E-state index contributed by atoms with van der Waals surface area (Å²) < 4.78 is 0. The molecule has 1 aliphatic rings. The Balaban J connectivity index is 2.24. The number of nitro benzene ring substituents is 1. The Morgan fingerprint density at radius 3 is 2.81 bits per heavy atom. The van der Waals surface area contributed by atoms with Gasteiger partial charge in [0.2, 0.25) is 0 Å². The number of β-amino-alcohol motifs (C(OH)–C–C–N with tert-alkyl or cyclic N) is 1. The van der Waals surface area contributed by atoms with Crippen molar-refractivity contribution in [1.29, 1.82) is 0 Å². The standard InChI is InChI=1S/C11H14N2O3/c1-8-6-9(2-3-11(8)13(15)16)12-5-4-10(14)7-12/h2-3,6,10,14H,4-5,7H2,1H3/t10-/m0/s1. The molecule has 1 heterocycles. The van der Waals surface area contributed by atoms with E-state index in [1.165, 1.54) is 6.07 Å². The van der Waals surface area contributed by atoms with Crippen LogP contribution in [-0.2, 0) is 0 Å². The number of anilines is 1. The van der Waals surface area contributed by atoms with E-state index in [0.29, 0.717) is 12.1 Å². The van der Waals surface area contributed by atoms with Crippen LogP contribution in [0.15, 0.2) is 18.2 Å². The smallest absolute Gasteiger partial charge is 0.272 e. The molecule has 5 nitrogen and oxygen atoms in total. The average Bonchev–Trinajstić information content (AvgIpc) is 2.64. The van der Waals surface area contributed by atoms with Crippen molar-refractivity contribution in [2.24, 2.45) is 0 Å². The van der Waals surface area contributed by atoms with E-state index in [1.54, 1.807) is 19.1 Å². The van der Waals surface area contributed by atoms with E-state index in [9.17, 15) is 15.2 Å². The second kappa shape index (κ2) is 4.09. The number of rotatable bonds is 2. The van der Waals surface area contributed by atoms with Crippen molar-refractivity contribution in [3.8, 4) is 0 Å². The first-order valence-electron chi connectivity index (χ1n) is 5.26. The van der Waals surface area contributed by atoms with E-state index < -0.39 is 0 Å². The number of aliphatic hydroxyl groups excluding tert-OH is 1. The van der Waals surface area contributed by atoms with Crippen LogP contribution in [0, 0.1) is 17.0 Å². The summed E-state index contributed by atoms with van der Waals surface area (Å²) in [7, 11) is 0. The highest BCUT2D eigenvalue weighted by atomic mass is 16.6. The number of benzene rings is 1. The fraction of sp³-hybridized carbons (Fsp3) is 0.455. The van der Waals surface area contributed by atoms with Crippen LogP contribution in [0.4, 0.5) is 11.4 Å². The minimum Gasteiger partial charge on any atom is -0.391 e. The van der Waals surface area contributed by atoms with Crippen LogP contribution in [-0.4, -0.2) is 29.2 Å². The highest BCUT2D eigenvalue weighted by Gasteiger charge is 2.21. The van der Waals surface area contributed by atoms with E-state index in [0.717, 1.165) is 18.7 Å². The molecule has 0 aliphatic carbocycles. The van der Waals surface area contributed by atoms with Gasteiger partial charge in [0, 0.05) is 30.4 Å². The van der Waals surface area contributed by atoms with Gasteiger partial charge in [0.1, 0.15) is 0 Å². The van der Waals surface area contributed by atoms with Crippen molar-refractivity contribution < 1.29 is 10.0 Å². The topological polar surface area (TPSA) is 66.6 Å². The highest BCUT2D eigenvalue weighted by molar-refractivity contribution is 5.55. The summed E-state index contributed by atoms with van der Waals surface area (Å²) in [5.74, 6) is 0.